The van der Waals surface area contributed by atoms with Gasteiger partial charge in [-0.05, 0) is 54.7 Å². The Morgan fingerprint density at radius 3 is 2.24 bits per heavy atom. The number of carbonyl (C=O) groups is 3. The van der Waals surface area contributed by atoms with Crippen LogP contribution in [0.25, 0.3) is 10.4 Å². The van der Waals surface area contributed by atoms with Crippen LogP contribution in [0.4, 0.5) is 20.6 Å². The fraction of sp³-hybridized carbons (Fsp3) is 0.269. The molecule has 7 nitrogen and oxygen atoms in total. The van der Waals surface area contributed by atoms with Gasteiger partial charge in [0.15, 0.2) is 0 Å². The number of anilines is 2. The van der Waals surface area contributed by atoms with E-state index in [-0.39, 0.29) is 32.2 Å². The number of amides is 3. The molecule has 0 unspecified atom stereocenters. The molecule has 3 amide bonds. The molecule has 4 rings (SSSR count). The molecule has 3 aromatic rings. The van der Waals surface area contributed by atoms with Crippen LogP contribution in [0.3, 0.4) is 0 Å². The highest BCUT2D eigenvalue weighted by atomic mass is 35.5. The Morgan fingerprint density at radius 1 is 0.973 bits per heavy atom. The zero-order chi connectivity index (χ0) is 26.5. The number of rotatable bonds is 7. The standard InChI is InChI=1S/C26H24Cl2FN3O4S/c27-17-7-4-8-18(28)22(17)32-26(36)30-19-13-20(14-9-11-16(29)12-10-14)37-23(19)24(33)31-21(25(34)35)15-5-2-1-3-6-15/h4,7-13,15,21H,1-3,5-6H2,(H,31,33)(H,34,35)(H2,30,32,36)/t21-/m0/s1. The molecule has 0 bridgehead atoms. The van der Waals surface area contributed by atoms with Gasteiger partial charge in [0.25, 0.3) is 5.91 Å². The van der Waals surface area contributed by atoms with Crippen LogP contribution in [0, 0.1) is 11.7 Å². The number of carboxylic acids is 1. The smallest absolute Gasteiger partial charge is 0.326 e. The summed E-state index contributed by atoms with van der Waals surface area (Å²) in [6.07, 6.45) is 4.30. The highest BCUT2D eigenvalue weighted by Crippen LogP contribution is 2.36. The second-order valence-electron chi connectivity index (χ2n) is 8.72. The monoisotopic (exact) mass is 563 g/mol. The summed E-state index contributed by atoms with van der Waals surface area (Å²) >= 11 is 13.3. The van der Waals surface area contributed by atoms with E-state index >= 15 is 0 Å². The summed E-state index contributed by atoms with van der Waals surface area (Å²) in [5, 5.41) is 18.1. The van der Waals surface area contributed by atoms with Crippen LogP contribution in [0.15, 0.2) is 48.5 Å². The molecular weight excluding hydrogens is 540 g/mol. The molecule has 4 N–H and O–H groups in total. The molecule has 0 aliphatic heterocycles. The van der Waals surface area contributed by atoms with Gasteiger partial charge >= 0.3 is 12.0 Å². The minimum absolute atomic E-state index is 0.113. The molecule has 0 spiro atoms. The molecule has 194 valence electrons. The van der Waals surface area contributed by atoms with Gasteiger partial charge < -0.3 is 21.1 Å². The van der Waals surface area contributed by atoms with Gasteiger partial charge in [-0.25, -0.2) is 14.0 Å². The maximum atomic E-state index is 13.5. The number of hydrogen-bond donors (Lipinski definition) is 4. The van der Waals surface area contributed by atoms with Gasteiger partial charge in [-0.15, -0.1) is 11.3 Å². The van der Waals surface area contributed by atoms with Crippen molar-refractivity contribution in [3.8, 4) is 10.4 Å². The summed E-state index contributed by atoms with van der Waals surface area (Å²) in [4.78, 5) is 38.9. The average Bonchev–Trinajstić information content (AvgIpc) is 3.29. The minimum atomic E-state index is -1.10. The van der Waals surface area contributed by atoms with Gasteiger partial charge in [0.05, 0.1) is 21.4 Å². The SMILES string of the molecule is O=C(Nc1cc(-c2ccc(F)cc2)sc1C(=O)N[C@H](C(=O)O)C1CCCCC1)Nc1c(Cl)cccc1Cl. The van der Waals surface area contributed by atoms with E-state index in [1.807, 2.05) is 0 Å². The highest BCUT2D eigenvalue weighted by molar-refractivity contribution is 7.18. The van der Waals surface area contributed by atoms with Crippen molar-refractivity contribution < 1.29 is 23.9 Å². The Balaban J connectivity index is 1.62. The van der Waals surface area contributed by atoms with Crippen LogP contribution in [0.1, 0.15) is 41.8 Å². The number of aliphatic carboxylic acids is 1. The fourth-order valence-electron chi connectivity index (χ4n) is 4.35. The molecule has 1 heterocycles. The third kappa shape index (κ3) is 6.60. The Morgan fingerprint density at radius 2 is 1.62 bits per heavy atom. The Kier molecular flexibility index (Phi) is 8.68. The maximum absolute atomic E-state index is 13.5. The largest absolute Gasteiger partial charge is 0.480 e. The molecular formula is C26H24Cl2FN3O4S. The minimum Gasteiger partial charge on any atom is -0.480 e. The molecule has 37 heavy (non-hydrogen) atoms. The Hall–Kier alpha value is -3.14. The van der Waals surface area contributed by atoms with E-state index in [4.69, 9.17) is 23.2 Å². The normalized spacial score (nSPS) is 14.6. The molecule has 1 atom stereocenters. The van der Waals surface area contributed by atoms with Crippen LogP contribution in [-0.4, -0.2) is 29.1 Å². The summed E-state index contributed by atoms with van der Waals surface area (Å²) in [6.45, 7) is 0. The molecule has 11 heteroatoms. The van der Waals surface area contributed by atoms with Crippen molar-refractivity contribution in [1.29, 1.82) is 0 Å². The fourth-order valence-corrected chi connectivity index (χ4v) is 5.86. The lowest BCUT2D eigenvalue weighted by Gasteiger charge is -2.28. The molecule has 1 aromatic heterocycles. The first-order valence-electron chi connectivity index (χ1n) is 11.7. The van der Waals surface area contributed by atoms with Gasteiger partial charge in [0.2, 0.25) is 0 Å². The van der Waals surface area contributed by atoms with E-state index in [2.05, 4.69) is 16.0 Å². The first-order valence-corrected chi connectivity index (χ1v) is 13.3. The zero-order valence-electron chi connectivity index (χ0n) is 19.5. The number of benzene rings is 2. The number of para-hydroxylation sites is 1. The summed E-state index contributed by atoms with van der Waals surface area (Å²) in [6, 6.07) is 10.3. The van der Waals surface area contributed by atoms with E-state index in [0.717, 1.165) is 30.6 Å². The van der Waals surface area contributed by atoms with E-state index in [1.165, 1.54) is 12.1 Å². The van der Waals surface area contributed by atoms with E-state index < -0.39 is 29.8 Å². The lowest BCUT2D eigenvalue weighted by molar-refractivity contribution is -0.141. The predicted molar refractivity (Wildman–Crippen MR) is 144 cm³/mol. The van der Waals surface area contributed by atoms with Crippen molar-refractivity contribution in [2.45, 2.75) is 38.1 Å². The number of carboxylic acid groups (broad SMARTS) is 1. The summed E-state index contributed by atoms with van der Waals surface area (Å²) in [7, 11) is 0. The molecule has 1 aliphatic rings. The quantitative estimate of drug-likeness (QED) is 0.242. The summed E-state index contributed by atoms with van der Waals surface area (Å²) < 4.78 is 13.5. The topological polar surface area (TPSA) is 108 Å². The number of thiophene rings is 1. The summed E-state index contributed by atoms with van der Waals surface area (Å²) in [5.74, 6) is -2.31. The zero-order valence-corrected chi connectivity index (χ0v) is 21.9. The van der Waals surface area contributed by atoms with Crippen molar-refractivity contribution in [2.24, 2.45) is 5.92 Å². The van der Waals surface area contributed by atoms with Crippen LogP contribution >= 0.6 is 34.5 Å². The van der Waals surface area contributed by atoms with Crippen molar-refractivity contribution in [3.63, 3.8) is 0 Å². The summed E-state index contributed by atoms with van der Waals surface area (Å²) in [5.41, 5.74) is 0.993. The molecule has 0 radical (unpaired) electrons. The lowest BCUT2D eigenvalue weighted by atomic mass is 9.84. The van der Waals surface area contributed by atoms with Crippen LogP contribution in [0.5, 0.6) is 0 Å². The highest BCUT2D eigenvalue weighted by Gasteiger charge is 2.32. The third-order valence-electron chi connectivity index (χ3n) is 6.19. The van der Waals surface area contributed by atoms with Gasteiger partial charge in [-0.3, -0.25) is 4.79 Å². The van der Waals surface area contributed by atoms with Gasteiger partial charge in [0.1, 0.15) is 16.7 Å². The number of urea groups is 1. The third-order valence-corrected chi connectivity index (χ3v) is 8.00. The average molecular weight is 564 g/mol. The molecule has 2 aromatic carbocycles. The maximum Gasteiger partial charge on any atom is 0.326 e. The predicted octanol–water partition coefficient (Wildman–Crippen LogP) is 7.27. The lowest BCUT2D eigenvalue weighted by Crippen LogP contribution is -2.46. The van der Waals surface area contributed by atoms with E-state index in [0.29, 0.717) is 23.3 Å². The van der Waals surface area contributed by atoms with Crippen molar-refractivity contribution in [2.75, 3.05) is 10.6 Å². The number of halogens is 3. The van der Waals surface area contributed by atoms with Crippen molar-refractivity contribution in [3.05, 3.63) is 69.3 Å². The second kappa shape index (κ2) is 11.9. The van der Waals surface area contributed by atoms with E-state index in [1.54, 1.807) is 36.4 Å². The first-order chi connectivity index (χ1) is 17.7. The van der Waals surface area contributed by atoms with Crippen LogP contribution in [0.2, 0.25) is 10.0 Å². The second-order valence-corrected chi connectivity index (χ2v) is 10.6. The molecule has 1 fully saturated rings. The van der Waals surface area contributed by atoms with Gasteiger partial charge in [-0.2, -0.15) is 0 Å². The van der Waals surface area contributed by atoms with E-state index in [9.17, 15) is 23.9 Å². The van der Waals surface area contributed by atoms with Crippen molar-refractivity contribution in [1.82, 2.24) is 5.32 Å². The van der Waals surface area contributed by atoms with Gasteiger partial charge in [-0.1, -0.05) is 60.7 Å². The number of hydrogen-bond acceptors (Lipinski definition) is 4. The Labute approximate surface area is 227 Å². The molecule has 0 saturated heterocycles. The van der Waals surface area contributed by atoms with Crippen LogP contribution < -0.4 is 16.0 Å². The van der Waals surface area contributed by atoms with Gasteiger partial charge in [0, 0.05) is 4.88 Å². The molecule has 1 saturated carbocycles. The van der Waals surface area contributed by atoms with Crippen molar-refractivity contribution >= 4 is 63.8 Å². The Bertz CT molecular complexity index is 1290. The molecule has 1 aliphatic carbocycles. The number of carbonyl (C=O) groups excluding carboxylic acids is 2. The number of nitrogens with one attached hydrogen (secondary N) is 3. The van der Waals surface area contributed by atoms with Crippen LogP contribution in [-0.2, 0) is 4.79 Å². The first kappa shape index (κ1) is 26.9.